The van der Waals surface area contributed by atoms with Crippen LogP contribution in [0.25, 0.3) is 11.3 Å². The molecule has 3 rings (SSSR count). The number of carboxylic acid groups (broad SMARTS) is 1. The Hall–Kier alpha value is -2.58. The van der Waals surface area contributed by atoms with E-state index in [9.17, 15) is 9.90 Å². The molecule has 8 nitrogen and oxygen atoms in total. The second-order valence-electron chi connectivity index (χ2n) is 6.36. The van der Waals surface area contributed by atoms with E-state index in [4.69, 9.17) is 14.0 Å². The molecular formula is C19H25N3O5. The Morgan fingerprint density at radius 3 is 2.63 bits per heavy atom. The van der Waals surface area contributed by atoms with Gasteiger partial charge in [-0.3, -0.25) is 4.90 Å². The van der Waals surface area contributed by atoms with Crippen molar-refractivity contribution in [3.05, 3.63) is 29.8 Å². The highest BCUT2D eigenvalue weighted by atomic mass is 16.5. The van der Waals surface area contributed by atoms with Crippen LogP contribution in [0.2, 0.25) is 0 Å². The van der Waals surface area contributed by atoms with Gasteiger partial charge >= 0.3 is 5.97 Å². The summed E-state index contributed by atoms with van der Waals surface area (Å²) >= 11 is 0. The number of hydrogen-bond acceptors (Lipinski definition) is 7. The van der Waals surface area contributed by atoms with Crippen LogP contribution in [0.3, 0.4) is 0 Å². The minimum atomic E-state index is -1.08. The SMILES string of the molecule is CCC(CNc1noc(-c2ccc(OC)cc2)c1C(=O)O)N1CCOCC1. The molecule has 1 saturated heterocycles. The molecule has 0 spiro atoms. The van der Waals surface area contributed by atoms with E-state index in [2.05, 4.69) is 22.3 Å². The number of nitrogens with zero attached hydrogens (tertiary/aromatic N) is 2. The fourth-order valence-electron chi connectivity index (χ4n) is 3.24. The van der Waals surface area contributed by atoms with Crippen LogP contribution in [-0.4, -0.2) is 67.1 Å². The molecule has 0 bridgehead atoms. The van der Waals surface area contributed by atoms with Crippen molar-refractivity contribution in [2.75, 3.05) is 45.3 Å². The van der Waals surface area contributed by atoms with E-state index in [-0.39, 0.29) is 23.2 Å². The number of aromatic nitrogens is 1. The summed E-state index contributed by atoms with van der Waals surface area (Å²) in [5.41, 5.74) is 0.672. The molecule has 1 atom stereocenters. The molecule has 1 aliphatic rings. The Kier molecular flexibility index (Phi) is 6.31. The lowest BCUT2D eigenvalue weighted by molar-refractivity contribution is 0.0184. The predicted molar refractivity (Wildman–Crippen MR) is 100 cm³/mol. The normalized spacial score (nSPS) is 16.1. The molecule has 1 aromatic carbocycles. The smallest absolute Gasteiger partial charge is 0.343 e. The number of anilines is 1. The van der Waals surface area contributed by atoms with Crippen molar-refractivity contribution in [1.29, 1.82) is 0 Å². The number of carbonyl (C=O) groups is 1. The summed E-state index contributed by atoms with van der Waals surface area (Å²) < 4.78 is 15.9. The Balaban J connectivity index is 1.77. The number of methoxy groups -OCH3 is 1. The summed E-state index contributed by atoms with van der Waals surface area (Å²) in [4.78, 5) is 14.2. The largest absolute Gasteiger partial charge is 0.497 e. The van der Waals surface area contributed by atoms with Gasteiger partial charge in [0.25, 0.3) is 0 Å². The van der Waals surface area contributed by atoms with E-state index >= 15 is 0 Å². The van der Waals surface area contributed by atoms with Crippen LogP contribution >= 0.6 is 0 Å². The maximum atomic E-state index is 11.8. The lowest BCUT2D eigenvalue weighted by atomic mass is 10.1. The van der Waals surface area contributed by atoms with Gasteiger partial charge in [0.15, 0.2) is 17.1 Å². The molecule has 1 unspecified atom stereocenters. The van der Waals surface area contributed by atoms with Crippen molar-refractivity contribution < 1.29 is 23.9 Å². The number of hydrogen-bond donors (Lipinski definition) is 2. The molecule has 0 saturated carbocycles. The zero-order chi connectivity index (χ0) is 19.2. The Morgan fingerprint density at radius 1 is 1.33 bits per heavy atom. The van der Waals surface area contributed by atoms with Crippen LogP contribution in [0.1, 0.15) is 23.7 Å². The molecule has 2 N–H and O–H groups in total. The van der Waals surface area contributed by atoms with Gasteiger partial charge in [-0.1, -0.05) is 12.1 Å². The van der Waals surface area contributed by atoms with Gasteiger partial charge in [-0.2, -0.15) is 0 Å². The third-order valence-corrected chi connectivity index (χ3v) is 4.80. The highest BCUT2D eigenvalue weighted by Crippen LogP contribution is 2.30. The summed E-state index contributed by atoms with van der Waals surface area (Å²) in [6.45, 7) is 5.91. The van der Waals surface area contributed by atoms with Gasteiger partial charge in [0.1, 0.15) is 5.75 Å². The van der Waals surface area contributed by atoms with E-state index in [1.165, 1.54) is 0 Å². The van der Waals surface area contributed by atoms with Crippen molar-refractivity contribution in [2.45, 2.75) is 19.4 Å². The highest BCUT2D eigenvalue weighted by Gasteiger charge is 2.25. The highest BCUT2D eigenvalue weighted by molar-refractivity contribution is 5.99. The summed E-state index contributed by atoms with van der Waals surface area (Å²) in [5.74, 6) is 0.0841. The molecule has 1 aromatic heterocycles. The third-order valence-electron chi connectivity index (χ3n) is 4.80. The number of rotatable bonds is 8. The third kappa shape index (κ3) is 4.40. The zero-order valence-corrected chi connectivity index (χ0v) is 15.6. The van der Waals surface area contributed by atoms with Gasteiger partial charge in [-0.15, -0.1) is 0 Å². The molecule has 2 heterocycles. The van der Waals surface area contributed by atoms with Crippen LogP contribution in [0.15, 0.2) is 28.8 Å². The first-order chi connectivity index (χ1) is 13.1. The van der Waals surface area contributed by atoms with Gasteiger partial charge in [0, 0.05) is 31.2 Å². The number of nitrogens with one attached hydrogen (secondary N) is 1. The minimum Gasteiger partial charge on any atom is -0.497 e. The van der Waals surface area contributed by atoms with Crippen LogP contribution in [-0.2, 0) is 4.74 Å². The summed E-state index contributed by atoms with van der Waals surface area (Å²) in [7, 11) is 1.58. The van der Waals surface area contributed by atoms with Gasteiger partial charge in [0.05, 0.1) is 20.3 Å². The zero-order valence-electron chi connectivity index (χ0n) is 15.6. The fourth-order valence-corrected chi connectivity index (χ4v) is 3.24. The first-order valence-corrected chi connectivity index (χ1v) is 9.07. The molecule has 0 amide bonds. The molecule has 2 aromatic rings. The van der Waals surface area contributed by atoms with Crippen molar-refractivity contribution in [1.82, 2.24) is 10.1 Å². The number of carboxylic acids is 1. The first kappa shape index (κ1) is 19.2. The van der Waals surface area contributed by atoms with Crippen LogP contribution in [0.4, 0.5) is 5.82 Å². The average Bonchev–Trinajstić information content (AvgIpc) is 3.13. The van der Waals surface area contributed by atoms with Crippen molar-refractivity contribution in [2.24, 2.45) is 0 Å². The first-order valence-electron chi connectivity index (χ1n) is 9.07. The number of benzene rings is 1. The van der Waals surface area contributed by atoms with Crippen LogP contribution in [0, 0.1) is 0 Å². The van der Waals surface area contributed by atoms with Crippen molar-refractivity contribution >= 4 is 11.8 Å². The fraction of sp³-hybridized carbons (Fsp3) is 0.474. The van der Waals surface area contributed by atoms with Crippen LogP contribution < -0.4 is 10.1 Å². The number of aromatic carboxylic acids is 1. The lowest BCUT2D eigenvalue weighted by Crippen LogP contribution is -2.46. The number of morpholine rings is 1. The van der Waals surface area contributed by atoms with Gasteiger partial charge in [-0.25, -0.2) is 4.79 Å². The standard InChI is InChI=1S/C19H25N3O5/c1-3-14(22-8-10-26-11-9-22)12-20-18-16(19(23)24)17(27-21-18)13-4-6-15(25-2)7-5-13/h4-7,14H,3,8-12H2,1-2H3,(H,20,21)(H,23,24). The summed E-state index contributed by atoms with van der Waals surface area (Å²) in [6.07, 6.45) is 0.943. The van der Waals surface area contributed by atoms with E-state index < -0.39 is 5.97 Å². The molecule has 1 fully saturated rings. The minimum absolute atomic E-state index is 0.0389. The lowest BCUT2D eigenvalue weighted by Gasteiger charge is -2.34. The molecule has 8 heteroatoms. The summed E-state index contributed by atoms with van der Waals surface area (Å²) in [5, 5.41) is 16.8. The van der Waals surface area contributed by atoms with Gasteiger partial charge < -0.3 is 24.4 Å². The Morgan fingerprint density at radius 2 is 2.04 bits per heavy atom. The average molecular weight is 375 g/mol. The second-order valence-corrected chi connectivity index (χ2v) is 6.36. The van der Waals surface area contributed by atoms with Crippen molar-refractivity contribution in [3.8, 4) is 17.1 Å². The quantitative estimate of drug-likeness (QED) is 0.727. The maximum absolute atomic E-state index is 11.8. The summed E-state index contributed by atoms with van der Waals surface area (Å²) in [6, 6.07) is 7.28. The monoisotopic (exact) mass is 375 g/mol. The molecule has 0 aliphatic carbocycles. The molecular weight excluding hydrogens is 350 g/mol. The van der Waals surface area contributed by atoms with E-state index in [1.807, 2.05) is 0 Å². The van der Waals surface area contributed by atoms with Gasteiger partial charge in [-0.05, 0) is 30.7 Å². The molecule has 1 aliphatic heterocycles. The predicted octanol–water partition coefficient (Wildman–Crippen LogP) is 2.57. The Bertz CT molecular complexity index is 753. The topological polar surface area (TPSA) is 97.1 Å². The maximum Gasteiger partial charge on any atom is 0.343 e. The van der Waals surface area contributed by atoms with E-state index in [1.54, 1.807) is 31.4 Å². The Labute approximate surface area is 158 Å². The number of ether oxygens (including phenoxy) is 2. The van der Waals surface area contributed by atoms with E-state index in [0.717, 1.165) is 32.7 Å². The molecule has 146 valence electrons. The molecule has 0 radical (unpaired) electrons. The second kappa shape index (κ2) is 8.88. The van der Waals surface area contributed by atoms with Crippen LogP contribution in [0.5, 0.6) is 5.75 Å². The van der Waals surface area contributed by atoms with Gasteiger partial charge in [0.2, 0.25) is 0 Å². The van der Waals surface area contributed by atoms with E-state index in [0.29, 0.717) is 17.9 Å². The molecule has 27 heavy (non-hydrogen) atoms. The van der Waals surface area contributed by atoms with Crippen molar-refractivity contribution in [3.63, 3.8) is 0 Å².